The largest absolute Gasteiger partial charge is 0.449 e. The molecule has 0 spiro atoms. The van der Waals surface area contributed by atoms with Crippen molar-refractivity contribution in [3.8, 4) is 0 Å². The van der Waals surface area contributed by atoms with Gasteiger partial charge in [0.05, 0.1) is 6.61 Å². The first kappa shape index (κ1) is 12.1. The highest BCUT2D eigenvalue weighted by Gasteiger charge is 2.27. The molecule has 1 saturated heterocycles. The molecule has 0 bridgehead atoms. The lowest BCUT2D eigenvalue weighted by molar-refractivity contribution is -0.121. The average molecular weight is 211 g/mol. The third kappa shape index (κ3) is 3.57. The van der Waals surface area contributed by atoms with Gasteiger partial charge in [-0.2, -0.15) is 0 Å². The monoisotopic (exact) mass is 211 g/mol. The first-order valence-electron chi connectivity index (χ1n) is 5.59. The van der Waals surface area contributed by atoms with Crippen LogP contribution in [0.2, 0.25) is 5.82 Å². The van der Waals surface area contributed by atoms with Gasteiger partial charge in [-0.3, -0.25) is 0 Å². The predicted molar refractivity (Wildman–Crippen MR) is 59.7 cm³/mol. The minimum Gasteiger partial charge on any atom is -0.449 e. The van der Waals surface area contributed by atoms with Crippen LogP contribution in [0.15, 0.2) is 0 Å². The van der Waals surface area contributed by atoms with Gasteiger partial charge in [0, 0.05) is 25.3 Å². The summed E-state index contributed by atoms with van der Waals surface area (Å²) < 4.78 is 5.08. The summed E-state index contributed by atoms with van der Waals surface area (Å²) >= 11 is 0. The Morgan fingerprint density at radius 1 is 1.67 bits per heavy atom. The van der Waals surface area contributed by atoms with E-state index in [1.807, 2.05) is 7.85 Å². The lowest BCUT2D eigenvalue weighted by Gasteiger charge is -2.29. The van der Waals surface area contributed by atoms with E-state index in [1.54, 1.807) is 4.90 Å². The van der Waals surface area contributed by atoms with Crippen LogP contribution in [0.25, 0.3) is 0 Å². The maximum atomic E-state index is 11.5. The molecule has 1 aliphatic heterocycles. The van der Waals surface area contributed by atoms with Gasteiger partial charge in [-0.25, -0.2) is 4.79 Å². The third-order valence-electron chi connectivity index (χ3n) is 2.65. The second-order valence-corrected chi connectivity index (χ2v) is 4.03. The van der Waals surface area contributed by atoms with Crippen molar-refractivity contribution >= 4 is 19.7 Å². The number of rotatable bonds is 3. The van der Waals surface area contributed by atoms with E-state index in [0.717, 1.165) is 12.8 Å². The Morgan fingerprint density at radius 3 is 3.00 bits per heavy atom. The molecule has 1 atom stereocenters. The first-order chi connectivity index (χ1) is 7.15. The Bertz CT molecular complexity index is 245. The summed E-state index contributed by atoms with van der Waals surface area (Å²) in [6.07, 6.45) is 2.10. The zero-order valence-corrected chi connectivity index (χ0v) is 9.49. The molecule has 0 saturated carbocycles. The SMILES string of the molecule is BC1CN(C(=O)OCCCC)CCC1=O. The third-order valence-corrected chi connectivity index (χ3v) is 2.65. The Kier molecular flexibility index (Phi) is 4.65. The van der Waals surface area contributed by atoms with E-state index in [4.69, 9.17) is 4.74 Å². The van der Waals surface area contributed by atoms with Gasteiger partial charge in [0.25, 0.3) is 0 Å². The molecular weight excluding hydrogens is 193 g/mol. The summed E-state index contributed by atoms with van der Waals surface area (Å²) in [5.74, 6) is 0.199. The van der Waals surface area contributed by atoms with E-state index in [9.17, 15) is 9.59 Å². The topological polar surface area (TPSA) is 46.6 Å². The fourth-order valence-corrected chi connectivity index (χ4v) is 1.58. The van der Waals surface area contributed by atoms with E-state index in [-0.39, 0.29) is 17.7 Å². The number of nitrogens with zero attached hydrogens (tertiary/aromatic N) is 1. The molecule has 1 amide bonds. The molecule has 1 heterocycles. The van der Waals surface area contributed by atoms with Crippen molar-refractivity contribution in [2.24, 2.45) is 0 Å². The van der Waals surface area contributed by atoms with Gasteiger partial charge in [0.15, 0.2) is 0 Å². The molecule has 4 nitrogen and oxygen atoms in total. The minimum absolute atomic E-state index is 0.0440. The molecule has 0 aromatic heterocycles. The molecule has 0 N–H and O–H groups in total. The Labute approximate surface area is 91.4 Å². The summed E-state index contributed by atoms with van der Waals surface area (Å²) in [5, 5.41) is 0. The van der Waals surface area contributed by atoms with Crippen LogP contribution in [0.5, 0.6) is 0 Å². The molecule has 0 radical (unpaired) electrons. The van der Waals surface area contributed by atoms with Crippen LogP contribution in [-0.4, -0.2) is 44.3 Å². The number of ether oxygens (including phenoxy) is 1. The number of carbonyl (C=O) groups excluding carboxylic acids is 2. The van der Waals surface area contributed by atoms with Crippen molar-refractivity contribution in [3.05, 3.63) is 0 Å². The minimum atomic E-state index is -0.275. The van der Waals surface area contributed by atoms with Crippen molar-refractivity contribution in [1.29, 1.82) is 0 Å². The smallest absolute Gasteiger partial charge is 0.409 e. The van der Waals surface area contributed by atoms with Crippen LogP contribution in [0.1, 0.15) is 26.2 Å². The first-order valence-corrected chi connectivity index (χ1v) is 5.59. The molecule has 5 heteroatoms. The summed E-state index contributed by atoms with van der Waals surface area (Å²) in [5.41, 5.74) is 0. The van der Waals surface area contributed by atoms with Gasteiger partial charge in [0.1, 0.15) is 13.6 Å². The van der Waals surface area contributed by atoms with Crippen molar-refractivity contribution in [2.45, 2.75) is 32.0 Å². The highest BCUT2D eigenvalue weighted by atomic mass is 16.6. The van der Waals surface area contributed by atoms with E-state index in [1.165, 1.54) is 0 Å². The maximum Gasteiger partial charge on any atom is 0.409 e. The van der Waals surface area contributed by atoms with Crippen LogP contribution in [0.4, 0.5) is 4.79 Å². The van der Waals surface area contributed by atoms with E-state index in [0.29, 0.717) is 26.1 Å². The lowest BCUT2D eigenvalue weighted by Crippen LogP contribution is -2.42. The number of likely N-dealkylation sites (tertiary alicyclic amines) is 1. The van der Waals surface area contributed by atoms with Gasteiger partial charge in [-0.1, -0.05) is 13.3 Å². The second kappa shape index (κ2) is 5.78. The van der Waals surface area contributed by atoms with Crippen molar-refractivity contribution in [2.75, 3.05) is 19.7 Å². The van der Waals surface area contributed by atoms with Crippen LogP contribution in [-0.2, 0) is 9.53 Å². The van der Waals surface area contributed by atoms with Gasteiger partial charge in [-0.15, -0.1) is 0 Å². The highest BCUT2D eigenvalue weighted by molar-refractivity contribution is 6.24. The highest BCUT2D eigenvalue weighted by Crippen LogP contribution is 2.15. The quantitative estimate of drug-likeness (QED) is 0.507. The van der Waals surface area contributed by atoms with Crippen molar-refractivity contribution < 1.29 is 14.3 Å². The summed E-state index contributed by atoms with van der Waals surface area (Å²) in [6.45, 7) is 3.54. The zero-order valence-electron chi connectivity index (χ0n) is 9.49. The van der Waals surface area contributed by atoms with Gasteiger partial charge >= 0.3 is 6.09 Å². The Hall–Kier alpha value is -0.995. The van der Waals surface area contributed by atoms with E-state index >= 15 is 0 Å². The number of amides is 1. The summed E-state index contributed by atoms with van der Waals surface area (Å²) in [4.78, 5) is 24.4. The van der Waals surface area contributed by atoms with Crippen LogP contribution < -0.4 is 0 Å². The molecule has 1 rings (SSSR count). The zero-order chi connectivity index (χ0) is 11.3. The molecule has 84 valence electrons. The number of piperidine rings is 1. The molecule has 0 aromatic rings. The van der Waals surface area contributed by atoms with Gasteiger partial charge < -0.3 is 14.4 Å². The predicted octanol–water partition coefficient (Wildman–Crippen LogP) is 0.619. The molecule has 0 aromatic carbocycles. The molecule has 1 fully saturated rings. The number of hydrogen-bond acceptors (Lipinski definition) is 3. The average Bonchev–Trinajstić information content (AvgIpc) is 2.22. The molecule has 0 aliphatic carbocycles. The number of unbranched alkanes of at least 4 members (excludes halogenated alkanes) is 1. The number of Topliss-reactive ketones (excluding diaryl/α,β-unsaturated/α-hetero) is 1. The summed E-state index contributed by atoms with van der Waals surface area (Å²) in [7, 11) is 1.85. The molecule has 15 heavy (non-hydrogen) atoms. The normalized spacial score (nSPS) is 21.5. The Morgan fingerprint density at radius 2 is 2.40 bits per heavy atom. The maximum absolute atomic E-state index is 11.5. The number of hydrogen-bond donors (Lipinski definition) is 0. The van der Waals surface area contributed by atoms with Gasteiger partial charge in [-0.05, 0) is 6.42 Å². The number of carbonyl (C=O) groups is 2. The van der Waals surface area contributed by atoms with Crippen LogP contribution in [0, 0.1) is 0 Å². The number of ketones is 1. The van der Waals surface area contributed by atoms with E-state index < -0.39 is 0 Å². The van der Waals surface area contributed by atoms with E-state index in [2.05, 4.69) is 6.92 Å². The molecule has 1 aliphatic rings. The second-order valence-electron chi connectivity index (χ2n) is 4.03. The van der Waals surface area contributed by atoms with Crippen molar-refractivity contribution in [1.82, 2.24) is 4.90 Å². The molecule has 1 unspecified atom stereocenters. The van der Waals surface area contributed by atoms with Crippen LogP contribution >= 0.6 is 0 Å². The Balaban J connectivity index is 2.31. The fourth-order valence-electron chi connectivity index (χ4n) is 1.58. The van der Waals surface area contributed by atoms with Gasteiger partial charge in [0.2, 0.25) is 0 Å². The standard InChI is InChI=1S/C10H18BNO3/c1-2-3-6-15-10(14)12-5-4-9(13)8(11)7-12/h8H,2-7,11H2,1H3. The summed E-state index contributed by atoms with van der Waals surface area (Å²) in [6, 6.07) is 0. The molecular formula is C10H18BNO3. The van der Waals surface area contributed by atoms with Crippen LogP contribution in [0.3, 0.4) is 0 Å². The fraction of sp³-hybridized carbons (Fsp3) is 0.800. The lowest BCUT2D eigenvalue weighted by atomic mass is 9.80. The van der Waals surface area contributed by atoms with Crippen molar-refractivity contribution in [3.63, 3.8) is 0 Å².